The van der Waals surface area contributed by atoms with Crippen molar-refractivity contribution in [3.63, 3.8) is 0 Å². The predicted molar refractivity (Wildman–Crippen MR) is 60.0 cm³/mol. The van der Waals surface area contributed by atoms with Crippen molar-refractivity contribution in [2.75, 3.05) is 11.6 Å². The van der Waals surface area contributed by atoms with Gasteiger partial charge in [-0.2, -0.15) is 5.10 Å². The summed E-state index contributed by atoms with van der Waals surface area (Å²) in [4.78, 5) is 11.6. The number of nitrogens with two attached hydrogens (primary N) is 1. The number of anilines is 1. The zero-order valence-electron chi connectivity index (χ0n) is 7.98. The number of carbonyl (C=O) groups excluding carboxylic acids is 1. The standard InChI is InChI=1S/C10H10ClN3O/c11-7-1-3-9(4-2-7)14-10(15)5-8(6-12)13-14/h1-4H,5-6,12H2. The highest BCUT2D eigenvalue weighted by Crippen LogP contribution is 2.22. The third-order valence-electron chi connectivity index (χ3n) is 2.14. The zero-order chi connectivity index (χ0) is 10.8. The number of nitrogens with zero attached hydrogens (tertiary/aromatic N) is 2. The van der Waals surface area contributed by atoms with Crippen LogP contribution in [-0.2, 0) is 4.79 Å². The first-order valence-electron chi connectivity index (χ1n) is 4.55. The van der Waals surface area contributed by atoms with E-state index in [1.54, 1.807) is 24.3 Å². The topological polar surface area (TPSA) is 58.7 Å². The summed E-state index contributed by atoms with van der Waals surface area (Å²) >= 11 is 5.75. The molecule has 1 aromatic carbocycles. The number of hydrogen-bond acceptors (Lipinski definition) is 3. The molecule has 2 N–H and O–H groups in total. The van der Waals surface area contributed by atoms with Crippen LogP contribution in [-0.4, -0.2) is 18.2 Å². The lowest BCUT2D eigenvalue weighted by atomic mass is 10.2. The first-order valence-corrected chi connectivity index (χ1v) is 4.93. The van der Waals surface area contributed by atoms with Gasteiger partial charge in [0, 0.05) is 11.6 Å². The van der Waals surface area contributed by atoms with Crippen molar-refractivity contribution >= 4 is 28.9 Å². The van der Waals surface area contributed by atoms with Crippen molar-refractivity contribution < 1.29 is 4.79 Å². The van der Waals surface area contributed by atoms with E-state index in [2.05, 4.69) is 5.10 Å². The third kappa shape index (κ3) is 2.00. The molecule has 0 spiro atoms. The number of hydrogen-bond donors (Lipinski definition) is 1. The Morgan fingerprint density at radius 2 is 2.07 bits per heavy atom. The van der Waals surface area contributed by atoms with E-state index < -0.39 is 0 Å². The average Bonchev–Trinajstić information content (AvgIpc) is 2.61. The van der Waals surface area contributed by atoms with Crippen LogP contribution < -0.4 is 10.7 Å². The van der Waals surface area contributed by atoms with Crippen molar-refractivity contribution in [3.05, 3.63) is 29.3 Å². The monoisotopic (exact) mass is 223 g/mol. The lowest BCUT2D eigenvalue weighted by molar-refractivity contribution is -0.116. The molecule has 1 amide bonds. The van der Waals surface area contributed by atoms with E-state index in [0.29, 0.717) is 29.4 Å². The summed E-state index contributed by atoms with van der Waals surface area (Å²) in [5, 5.41) is 6.11. The van der Waals surface area contributed by atoms with E-state index in [4.69, 9.17) is 17.3 Å². The number of benzene rings is 1. The van der Waals surface area contributed by atoms with Crippen LogP contribution in [0.25, 0.3) is 0 Å². The number of rotatable bonds is 2. The lowest BCUT2D eigenvalue weighted by Crippen LogP contribution is -2.19. The van der Waals surface area contributed by atoms with Gasteiger partial charge < -0.3 is 5.73 Å². The van der Waals surface area contributed by atoms with Gasteiger partial charge in [0.05, 0.1) is 17.8 Å². The molecule has 1 aliphatic heterocycles. The molecule has 0 radical (unpaired) electrons. The van der Waals surface area contributed by atoms with Gasteiger partial charge >= 0.3 is 0 Å². The van der Waals surface area contributed by atoms with Crippen molar-refractivity contribution in [2.45, 2.75) is 6.42 Å². The Morgan fingerprint density at radius 3 is 2.60 bits per heavy atom. The molecule has 0 saturated carbocycles. The van der Waals surface area contributed by atoms with Gasteiger partial charge in [-0.1, -0.05) is 11.6 Å². The van der Waals surface area contributed by atoms with E-state index in [-0.39, 0.29) is 5.91 Å². The molecule has 0 fully saturated rings. The SMILES string of the molecule is NCC1=NN(c2ccc(Cl)cc2)C(=O)C1. The van der Waals surface area contributed by atoms with Gasteiger partial charge in [-0.3, -0.25) is 4.79 Å². The van der Waals surface area contributed by atoms with Gasteiger partial charge in [-0.15, -0.1) is 0 Å². The quantitative estimate of drug-likeness (QED) is 0.824. The molecule has 5 heteroatoms. The van der Waals surface area contributed by atoms with Crippen LogP contribution in [0.15, 0.2) is 29.4 Å². The summed E-state index contributed by atoms with van der Waals surface area (Å²) in [7, 11) is 0. The minimum atomic E-state index is -0.0576. The molecule has 1 heterocycles. The predicted octanol–water partition coefficient (Wildman–Crippen LogP) is 1.39. The van der Waals surface area contributed by atoms with Crippen molar-refractivity contribution in [1.29, 1.82) is 0 Å². The van der Waals surface area contributed by atoms with Crippen molar-refractivity contribution in [3.8, 4) is 0 Å². The summed E-state index contributed by atoms with van der Waals surface area (Å²) in [6.07, 6.45) is 0.305. The Balaban J connectivity index is 2.28. The van der Waals surface area contributed by atoms with E-state index in [1.807, 2.05) is 0 Å². The summed E-state index contributed by atoms with van der Waals surface area (Å²) in [6, 6.07) is 6.95. The van der Waals surface area contributed by atoms with Gasteiger partial charge in [-0.05, 0) is 24.3 Å². The number of hydrazone groups is 1. The molecular formula is C10H10ClN3O. The van der Waals surface area contributed by atoms with Gasteiger partial charge in [-0.25, -0.2) is 5.01 Å². The fourth-order valence-electron chi connectivity index (χ4n) is 1.38. The molecule has 1 aliphatic rings. The summed E-state index contributed by atoms with van der Waals surface area (Å²) in [5.74, 6) is -0.0576. The van der Waals surface area contributed by atoms with Crippen molar-refractivity contribution in [2.24, 2.45) is 10.8 Å². The van der Waals surface area contributed by atoms with Crippen LogP contribution in [0.5, 0.6) is 0 Å². The van der Waals surface area contributed by atoms with E-state index >= 15 is 0 Å². The molecule has 0 unspecified atom stereocenters. The second-order valence-corrected chi connectivity index (χ2v) is 3.67. The molecule has 0 aromatic heterocycles. The van der Waals surface area contributed by atoms with Crippen LogP contribution in [0.2, 0.25) is 5.02 Å². The Labute approximate surface area is 92.3 Å². The Hall–Kier alpha value is -1.39. The van der Waals surface area contributed by atoms with E-state index in [1.165, 1.54) is 5.01 Å². The largest absolute Gasteiger partial charge is 0.325 e. The summed E-state index contributed by atoms with van der Waals surface area (Å²) in [5.41, 5.74) is 6.85. The second kappa shape index (κ2) is 4.00. The molecule has 2 rings (SSSR count). The molecule has 15 heavy (non-hydrogen) atoms. The summed E-state index contributed by atoms with van der Waals surface area (Å²) < 4.78 is 0. The van der Waals surface area contributed by atoms with Gasteiger partial charge in [0.1, 0.15) is 0 Å². The molecule has 0 saturated heterocycles. The maximum absolute atomic E-state index is 11.6. The van der Waals surface area contributed by atoms with E-state index in [9.17, 15) is 4.79 Å². The fourth-order valence-corrected chi connectivity index (χ4v) is 1.50. The molecule has 4 nitrogen and oxygen atoms in total. The highest BCUT2D eigenvalue weighted by atomic mass is 35.5. The van der Waals surface area contributed by atoms with Crippen LogP contribution in [0.1, 0.15) is 6.42 Å². The third-order valence-corrected chi connectivity index (χ3v) is 2.39. The lowest BCUT2D eigenvalue weighted by Gasteiger charge is -2.10. The van der Waals surface area contributed by atoms with Crippen LogP contribution in [0.4, 0.5) is 5.69 Å². The maximum Gasteiger partial charge on any atom is 0.253 e. The minimum absolute atomic E-state index is 0.0576. The second-order valence-electron chi connectivity index (χ2n) is 3.23. The first-order chi connectivity index (χ1) is 7.20. The van der Waals surface area contributed by atoms with Gasteiger partial charge in [0.15, 0.2) is 0 Å². The molecular weight excluding hydrogens is 214 g/mol. The van der Waals surface area contributed by atoms with Crippen molar-refractivity contribution in [1.82, 2.24) is 0 Å². The smallest absolute Gasteiger partial charge is 0.253 e. The van der Waals surface area contributed by atoms with Crippen LogP contribution >= 0.6 is 11.6 Å². The van der Waals surface area contributed by atoms with Crippen LogP contribution in [0, 0.1) is 0 Å². The molecule has 78 valence electrons. The maximum atomic E-state index is 11.6. The van der Waals surface area contributed by atoms with E-state index in [0.717, 1.165) is 0 Å². The van der Waals surface area contributed by atoms with Crippen LogP contribution in [0.3, 0.4) is 0 Å². The normalized spacial score (nSPS) is 15.7. The minimum Gasteiger partial charge on any atom is -0.325 e. The Kier molecular flexibility index (Phi) is 2.70. The highest BCUT2D eigenvalue weighted by molar-refractivity contribution is 6.30. The Morgan fingerprint density at radius 1 is 1.40 bits per heavy atom. The first kappa shape index (κ1) is 10.1. The van der Waals surface area contributed by atoms with Gasteiger partial charge in [0.2, 0.25) is 0 Å². The number of amides is 1. The molecule has 1 aromatic rings. The summed E-state index contributed by atoms with van der Waals surface area (Å²) in [6.45, 7) is 0.315. The molecule has 0 atom stereocenters. The van der Waals surface area contributed by atoms with Gasteiger partial charge in [0.25, 0.3) is 5.91 Å². The highest BCUT2D eigenvalue weighted by Gasteiger charge is 2.23. The molecule has 0 aliphatic carbocycles. The number of carbonyl (C=O) groups is 1. The fraction of sp³-hybridized carbons (Fsp3) is 0.200. The Bertz CT molecular complexity index is 413. The zero-order valence-corrected chi connectivity index (χ0v) is 8.74. The molecule has 0 bridgehead atoms. The number of halogens is 1. The average molecular weight is 224 g/mol.